The van der Waals surface area contributed by atoms with Crippen molar-refractivity contribution in [3.8, 4) is 0 Å². The zero-order valence-electron chi connectivity index (χ0n) is 12.5. The van der Waals surface area contributed by atoms with Gasteiger partial charge in [0.2, 0.25) is 0 Å². The SMILES string of the molecule is NCC1CN(C2=CC=C(N3CCC(=O)CC3)C=CC2)C(=O)O1. The monoisotopic (exact) mass is 303 g/mol. The smallest absolute Gasteiger partial charge is 0.414 e. The van der Waals surface area contributed by atoms with Crippen molar-refractivity contribution in [1.29, 1.82) is 0 Å². The van der Waals surface area contributed by atoms with Crippen molar-refractivity contribution in [2.75, 3.05) is 26.2 Å². The fourth-order valence-electron chi connectivity index (χ4n) is 2.91. The Morgan fingerprint density at radius 2 is 2.00 bits per heavy atom. The maximum atomic E-state index is 11.9. The number of nitrogens with two attached hydrogens (primary N) is 1. The summed E-state index contributed by atoms with van der Waals surface area (Å²) in [6.07, 6.45) is 9.43. The third kappa shape index (κ3) is 3.06. The Morgan fingerprint density at radius 1 is 1.23 bits per heavy atom. The van der Waals surface area contributed by atoms with E-state index in [1.165, 1.54) is 0 Å². The second-order valence-corrected chi connectivity index (χ2v) is 5.73. The third-order valence-corrected chi connectivity index (χ3v) is 4.23. The number of allylic oxidation sites excluding steroid dienone is 4. The number of ketones is 1. The lowest BCUT2D eigenvalue weighted by molar-refractivity contribution is -0.121. The highest BCUT2D eigenvalue weighted by molar-refractivity contribution is 5.79. The minimum absolute atomic E-state index is 0.225. The van der Waals surface area contributed by atoms with Crippen LogP contribution >= 0.6 is 0 Å². The molecule has 1 amide bonds. The molecule has 6 heteroatoms. The number of hydrogen-bond donors (Lipinski definition) is 1. The second kappa shape index (κ2) is 6.36. The van der Waals surface area contributed by atoms with Gasteiger partial charge in [-0.15, -0.1) is 0 Å². The molecule has 3 rings (SSSR count). The summed E-state index contributed by atoms with van der Waals surface area (Å²) in [5.41, 5.74) is 7.57. The topological polar surface area (TPSA) is 75.9 Å². The summed E-state index contributed by atoms with van der Waals surface area (Å²) < 4.78 is 5.20. The number of ether oxygens (including phenoxy) is 1. The van der Waals surface area contributed by atoms with E-state index in [0.717, 1.165) is 24.5 Å². The molecule has 2 aliphatic heterocycles. The Balaban J connectivity index is 1.72. The number of rotatable bonds is 3. The Bertz CT molecular complexity index is 555. The van der Waals surface area contributed by atoms with Gasteiger partial charge in [0.05, 0.1) is 6.54 Å². The van der Waals surface area contributed by atoms with E-state index in [4.69, 9.17) is 10.5 Å². The maximum absolute atomic E-state index is 11.9. The van der Waals surface area contributed by atoms with Crippen LogP contribution < -0.4 is 5.73 Å². The molecule has 6 nitrogen and oxygen atoms in total. The Kier molecular flexibility index (Phi) is 4.29. The standard InChI is InChI=1S/C16H21N3O3/c17-10-15-11-19(16(21)22-15)13-3-1-2-12(4-5-13)18-8-6-14(20)7-9-18/h1-2,4-5,15H,3,6-11,17H2. The highest BCUT2D eigenvalue weighted by Crippen LogP contribution is 2.23. The molecule has 3 aliphatic rings. The number of hydrogen-bond acceptors (Lipinski definition) is 5. The molecule has 0 spiro atoms. The summed E-state index contributed by atoms with van der Waals surface area (Å²) >= 11 is 0. The fourth-order valence-corrected chi connectivity index (χ4v) is 2.91. The van der Waals surface area contributed by atoms with E-state index in [9.17, 15) is 9.59 Å². The van der Waals surface area contributed by atoms with Gasteiger partial charge in [0.15, 0.2) is 0 Å². The number of cyclic esters (lactones) is 1. The Morgan fingerprint density at radius 3 is 2.68 bits per heavy atom. The highest BCUT2D eigenvalue weighted by Gasteiger charge is 2.32. The number of carbonyl (C=O) groups is 2. The molecule has 0 bridgehead atoms. The molecule has 1 unspecified atom stereocenters. The normalized spacial score (nSPS) is 25.8. The Labute approximate surface area is 129 Å². The molecule has 1 aliphatic carbocycles. The molecular formula is C16H21N3O3. The Hall–Kier alpha value is -2.08. The van der Waals surface area contributed by atoms with Gasteiger partial charge in [-0.3, -0.25) is 9.69 Å². The van der Waals surface area contributed by atoms with E-state index < -0.39 is 0 Å². The molecule has 0 aromatic rings. The van der Waals surface area contributed by atoms with Crippen molar-refractivity contribution in [2.24, 2.45) is 5.73 Å². The van der Waals surface area contributed by atoms with Crippen LogP contribution in [0, 0.1) is 0 Å². The van der Waals surface area contributed by atoms with Crippen LogP contribution in [0.5, 0.6) is 0 Å². The summed E-state index contributed by atoms with van der Waals surface area (Å²) in [7, 11) is 0. The molecule has 2 heterocycles. The highest BCUT2D eigenvalue weighted by atomic mass is 16.6. The first-order chi connectivity index (χ1) is 10.7. The summed E-state index contributed by atoms with van der Waals surface area (Å²) in [5, 5.41) is 0. The molecule has 0 radical (unpaired) electrons. The minimum atomic E-state index is -0.324. The number of Topliss-reactive ketones (excluding diaryl/α,β-unsaturated/α-hetero) is 1. The lowest BCUT2D eigenvalue weighted by atomic mass is 10.1. The van der Waals surface area contributed by atoms with E-state index in [2.05, 4.69) is 11.0 Å². The average molecular weight is 303 g/mol. The number of piperidine rings is 1. The van der Waals surface area contributed by atoms with Gasteiger partial charge in [-0.05, 0) is 18.2 Å². The summed E-state index contributed by atoms with van der Waals surface area (Å²) in [4.78, 5) is 27.1. The lowest BCUT2D eigenvalue weighted by Crippen LogP contribution is -2.32. The zero-order valence-corrected chi connectivity index (χ0v) is 12.5. The molecule has 2 fully saturated rings. The van der Waals surface area contributed by atoms with Crippen LogP contribution in [0.15, 0.2) is 35.7 Å². The minimum Gasteiger partial charge on any atom is -0.443 e. The lowest BCUT2D eigenvalue weighted by Gasteiger charge is -2.28. The first-order valence-corrected chi connectivity index (χ1v) is 7.69. The summed E-state index contributed by atoms with van der Waals surface area (Å²) in [6.45, 7) is 2.38. The zero-order chi connectivity index (χ0) is 15.5. The van der Waals surface area contributed by atoms with Crippen LogP contribution in [0.25, 0.3) is 0 Å². The van der Waals surface area contributed by atoms with Gasteiger partial charge < -0.3 is 15.4 Å². The second-order valence-electron chi connectivity index (χ2n) is 5.73. The molecule has 0 saturated carbocycles. The van der Waals surface area contributed by atoms with Crippen molar-refractivity contribution in [3.63, 3.8) is 0 Å². The van der Waals surface area contributed by atoms with Gasteiger partial charge in [-0.1, -0.05) is 6.08 Å². The number of amides is 1. The summed E-state index contributed by atoms with van der Waals surface area (Å²) in [6, 6.07) is 0. The van der Waals surface area contributed by atoms with Crippen molar-refractivity contribution in [1.82, 2.24) is 9.80 Å². The van der Waals surface area contributed by atoms with Gasteiger partial charge in [-0.2, -0.15) is 0 Å². The van der Waals surface area contributed by atoms with Crippen LogP contribution in [0.4, 0.5) is 4.79 Å². The van der Waals surface area contributed by atoms with Crippen molar-refractivity contribution in [2.45, 2.75) is 25.4 Å². The maximum Gasteiger partial charge on any atom is 0.414 e. The molecule has 1 atom stereocenters. The van der Waals surface area contributed by atoms with Crippen molar-refractivity contribution in [3.05, 3.63) is 35.7 Å². The van der Waals surface area contributed by atoms with Crippen LogP contribution in [0.1, 0.15) is 19.3 Å². The average Bonchev–Trinajstić information content (AvgIpc) is 2.74. The predicted octanol–water partition coefficient (Wildman–Crippen LogP) is 1.16. The van der Waals surface area contributed by atoms with Crippen LogP contribution in [-0.2, 0) is 9.53 Å². The quantitative estimate of drug-likeness (QED) is 0.846. The molecule has 0 aromatic heterocycles. The van der Waals surface area contributed by atoms with Gasteiger partial charge in [0.25, 0.3) is 0 Å². The van der Waals surface area contributed by atoms with E-state index in [1.54, 1.807) is 4.90 Å². The van der Waals surface area contributed by atoms with Crippen LogP contribution in [-0.4, -0.2) is 54.0 Å². The molecule has 22 heavy (non-hydrogen) atoms. The number of nitrogens with zero attached hydrogens (tertiary/aromatic N) is 2. The molecule has 118 valence electrons. The van der Waals surface area contributed by atoms with Crippen molar-refractivity contribution >= 4 is 11.9 Å². The van der Waals surface area contributed by atoms with E-state index >= 15 is 0 Å². The predicted molar refractivity (Wildman–Crippen MR) is 81.8 cm³/mol. The van der Waals surface area contributed by atoms with E-state index in [0.29, 0.717) is 38.1 Å². The van der Waals surface area contributed by atoms with Gasteiger partial charge >= 0.3 is 6.09 Å². The summed E-state index contributed by atoms with van der Waals surface area (Å²) in [5.74, 6) is 0.332. The van der Waals surface area contributed by atoms with Gasteiger partial charge in [0.1, 0.15) is 11.9 Å². The number of likely N-dealkylation sites (tertiary alicyclic amines) is 1. The first kappa shape index (κ1) is 14.8. The number of carbonyl (C=O) groups excluding carboxylic acids is 2. The fraction of sp³-hybridized carbons (Fsp3) is 0.500. The first-order valence-electron chi connectivity index (χ1n) is 7.69. The van der Waals surface area contributed by atoms with Crippen molar-refractivity contribution < 1.29 is 14.3 Å². The van der Waals surface area contributed by atoms with Crippen LogP contribution in [0.2, 0.25) is 0 Å². The molecular weight excluding hydrogens is 282 g/mol. The molecule has 2 N–H and O–H groups in total. The van der Waals surface area contributed by atoms with E-state index in [1.807, 2.05) is 18.2 Å². The molecule has 2 saturated heterocycles. The van der Waals surface area contributed by atoms with Crippen LogP contribution in [0.3, 0.4) is 0 Å². The third-order valence-electron chi connectivity index (χ3n) is 4.23. The van der Waals surface area contributed by atoms with Gasteiger partial charge in [0, 0.05) is 50.3 Å². The van der Waals surface area contributed by atoms with E-state index in [-0.39, 0.29) is 12.2 Å². The van der Waals surface area contributed by atoms with Gasteiger partial charge in [-0.25, -0.2) is 4.79 Å². The largest absolute Gasteiger partial charge is 0.443 e. The molecule has 0 aromatic carbocycles.